The highest BCUT2D eigenvalue weighted by atomic mass is 16.6. The summed E-state index contributed by atoms with van der Waals surface area (Å²) in [6.45, 7) is 13.6. The quantitative estimate of drug-likeness (QED) is 0.863. The van der Waals surface area contributed by atoms with Crippen LogP contribution < -0.4 is 5.32 Å². The van der Waals surface area contributed by atoms with Crippen molar-refractivity contribution in [2.75, 3.05) is 0 Å². The second kappa shape index (κ2) is 5.23. The largest absolute Gasteiger partial charge is 0.444 e. The summed E-state index contributed by atoms with van der Waals surface area (Å²) >= 11 is 0. The topological polar surface area (TPSA) is 67.0 Å². The van der Waals surface area contributed by atoms with E-state index in [0.717, 1.165) is 11.5 Å². The van der Waals surface area contributed by atoms with E-state index >= 15 is 0 Å². The van der Waals surface area contributed by atoms with Crippen LogP contribution in [0.4, 0.5) is 4.79 Å². The summed E-state index contributed by atoms with van der Waals surface area (Å²) in [5, 5.41) is 2.89. The Bertz CT molecular complexity index is 438. The number of ether oxygens (including phenoxy) is 1. The van der Waals surface area contributed by atoms with Crippen LogP contribution in [-0.4, -0.2) is 21.7 Å². The zero-order valence-electron chi connectivity index (χ0n) is 12.9. The molecule has 0 aliphatic rings. The van der Waals surface area contributed by atoms with E-state index in [0.29, 0.717) is 0 Å². The van der Waals surface area contributed by atoms with Gasteiger partial charge in [-0.1, -0.05) is 20.8 Å². The Hall–Kier alpha value is -1.52. The number of nitrogens with one attached hydrogen (secondary N) is 2. The SMILES string of the molecule is Cc1cnc([C@@H](NC(=O)OC(C)(C)C)C(C)(C)C)[nH]1. The first kappa shape index (κ1) is 15.5. The lowest BCUT2D eigenvalue weighted by Gasteiger charge is -2.31. The van der Waals surface area contributed by atoms with Crippen molar-refractivity contribution in [3.05, 3.63) is 17.7 Å². The van der Waals surface area contributed by atoms with E-state index in [2.05, 4.69) is 15.3 Å². The number of hydrogen-bond acceptors (Lipinski definition) is 3. The fraction of sp³-hybridized carbons (Fsp3) is 0.714. The molecule has 1 rings (SSSR count). The van der Waals surface area contributed by atoms with Gasteiger partial charge in [-0.15, -0.1) is 0 Å². The van der Waals surface area contributed by atoms with Gasteiger partial charge in [0, 0.05) is 11.9 Å². The number of H-pyrrole nitrogens is 1. The molecule has 0 saturated heterocycles. The van der Waals surface area contributed by atoms with Crippen LogP contribution in [0.3, 0.4) is 0 Å². The molecule has 5 nitrogen and oxygen atoms in total. The third-order valence-corrected chi connectivity index (χ3v) is 2.52. The van der Waals surface area contributed by atoms with E-state index in [1.165, 1.54) is 0 Å². The van der Waals surface area contributed by atoms with Gasteiger partial charge in [-0.2, -0.15) is 0 Å². The number of aryl methyl sites for hydroxylation is 1. The van der Waals surface area contributed by atoms with Gasteiger partial charge in [-0.05, 0) is 33.1 Å². The van der Waals surface area contributed by atoms with Crippen molar-refractivity contribution in [1.29, 1.82) is 0 Å². The molecule has 0 radical (unpaired) electrons. The van der Waals surface area contributed by atoms with Crippen molar-refractivity contribution >= 4 is 6.09 Å². The molecule has 108 valence electrons. The summed E-state index contributed by atoms with van der Waals surface area (Å²) in [6.07, 6.45) is 1.33. The van der Waals surface area contributed by atoms with Crippen LogP contribution in [-0.2, 0) is 4.74 Å². The van der Waals surface area contributed by atoms with Gasteiger partial charge in [0.1, 0.15) is 11.4 Å². The summed E-state index contributed by atoms with van der Waals surface area (Å²) < 4.78 is 5.30. The average Bonchev–Trinajstić information content (AvgIpc) is 2.56. The summed E-state index contributed by atoms with van der Waals surface area (Å²) in [5.41, 5.74) is 0.294. The Morgan fingerprint density at radius 2 is 1.89 bits per heavy atom. The van der Waals surface area contributed by atoms with Crippen LogP contribution in [0.1, 0.15) is 59.1 Å². The maximum atomic E-state index is 11.9. The lowest BCUT2D eigenvalue weighted by Crippen LogP contribution is -2.40. The van der Waals surface area contributed by atoms with Crippen molar-refractivity contribution < 1.29 is 9.53 Å². The number of carbonyl (C=O) groups excluding carboxylic acids is 1. The predicted molar refractivity (Wildman–Crippen MR) is 74.9 cm³/mol. The Balaban J connectivity index is 2.86. The van der Waals surface area contributed by atoms with Gasteiger partial charge in [0.05, 0.1) is 6.04 Å². The number of aromatic amines is 1. The molecule has 0 spiro atoms. The highest BCUT2D eigenvalue weighted by molar-refractivity contribution is 5.68. The molecule has 1 atom stereocenters. The average molecular weight is 267 g/mol. The van der Waals surface area contributed by atoms with Gasteiger partial charge in [0.2, 0.25) is 0 Å². The number of nitrogens with zero attached hydrogens (tertiary/aromatic N) is 1. The zero-order chi connectivity index (χ0) is 14.8. The van der Waals surface area contributed by atoms with Crippen LogP contribution in [0.25, 0.3) is 0 Å². The van der Waals surface area contributed by atoms with Crippen LogP contribution >= 0.6 is 0 Å². The number of carbonyl (C=O) groups is 1. The number of amides is 1. The number of rotatable bonds is 2. The Morgan fingerprint density at radius 1 is 1.32 bits per heavy atom. The summed E-state index contributed by atoms with van der Waals surface area (Å²) in [5.74, 6) is 0.746. The standard InChI is InChI=1S/C14H25N3O2/c1-9-8-15-11(16-9)10(13(2,3)4)17-12(18)19-14(5,6)7/h8,10H,1-7H3,(H,15,16)(H,17,18)/t10-/m1/s1. The first-order chi connectivity index (χ1) is 8.49. The fourth-order valence-corrected chi connectivity index (χ4v) is 1.70. The molecule has 1 amide bonds. The number of imidazole rings is 1. The lowest BCUT2D eigenvalue weighted by molar-refractivity contribution is 0.0458. The molecule has 19 heavy (non-hydrogen) atoms. The second-order valence-corrected chi connectivity index (χ2v) is 6.90. The van der Waals surface area contributed by atoms with Crippen molar-refractivity contribution in [2.24, 2.45) is 5.41 Å². The fourth-order valence-electron chi connectivity index (χ4n) is 1.70. The highest BCUT2D eigenvalue weighted by Crippen LogP contribution is 2.31. The third kappa shape index (κ3) is 4.93. The van der Waals surface area contributed by atoms with E-state index in [9.17, 15) is 4.79 Å². The molecule has 1 aromatic rings. The maximum absolute atomic E-state index is 11.9. The van der Waals surface area contributed by atoms with E-state index in [4.69, 9.17) is 4.74 Å². The van der Waals surface area contributed by atoms with E-state index in [1.54, 1.807) is 6.20 Å². The Labute approximate surface area is 115 Å². The molecule has 0 unspecified atom stereocenters. The van der Waals surface area contributed by atoms with Gasteiger partial charge in [-0.25, -0.2) is 9.78 Å². The van der Waals surface area contributed by atoms with Crippen LogP contribution in [0, 0.1) is 12.3 Å². The molecule has 1 heterocycles. The Kier molecular flexibility index (Phi) is 4.28. The molecule has 0 aromatic carbocycles. The van der Waals surface area contributed by atoms with E-state index in [-0.39, 0.29) is 11.5 Å². The molecule has 0 aliphatic heterocycles. The third-order valence-electron chi connectivity index (χ3n) is 2.52. The molecular formula is C14H25N3O2. The smallest absolute Gasteiger partial charge is 0.408 e. The van der Waals surface area contributed by atoms with E-state index < -0.39 is 11.7 Å². The molecule has 0 bridgehead atoms. The number of aromatic nitrogens is 2. The monoisotopic (exact) mass is 267 g/mol. The molecule has 0 aliphatic carbocycles. The maximum Gasteiger partial charge on any atom is 0.408 e. The second-order valence-electron chi connectivity index (χ2n) is 6.90. The van der Waals surface area contributed by atoms with Gasteiger partial charge >= 0.3 is 6.09 Å². The van der Waals surface area contributed by atoms with Crippen molar-refractivity contribution in [2.45, 2.75) is 60.1 Å². The first-order valence-corrected chi connectivity index (χ1v) is 6.50. The molecule has 5 heteroatoms. The lowest BCUT2D eigenvalue weighted by atomic mass is 9.86. The molecule has 1 aromatic heterocycles. The van der Waals surface area contributed by atoms with Crippen LogP contribution in [0.2, 0.25) is 0 Å². The summed E-state index contributed by atoms with van der Waals surface area (Å²) in [7, 11) is 0. The molecular weight excluding hydrogens is 242 g/mol. The Morgan fingerprint density at radius 3 is 2.26 bits per heavy atom. The van der Waals surface area contributed by atoms with Crippen molar-refractivity contribution in [1.82, 2.24) is 15.3 Å². The molecule has 0 fully saturated rings. The van der Waals surface area contributed by atoms with Crippen molar-refractivity contribution in [3.8, 4) is 0 Å². The van der Waals surface area contributed by atoms with Crippen LogP contribution in [0.15, 0.2) is 6.20 Å². The highest BCUT2D eigenvalue weighted by Gasteiger charge is 2.31. The minimum Gasteiger partial charge on any atom is -0.444 e. The minimum atomic E-state index is -0.508. The zero-order valence-corrected chi connectivity index (χ0v) is 12.9. The minimum absolute atomic E-state index is 0.165. The molecule has 0 saturated carbocycles. The summed E-state index contributed by atoms with van der Waals surface area (Å²) in [4.78, 5) is 19.4. The van der Waals surface area contributed by atoms with Gasteiger partial charge in [-0.3, -0.25) is 0 Å². The summed E-state index contributed by atoms with van der Waals surface area (Å²) in [6, 6.07) is -0.226. The van der Waals surface area contributed by atoms with E-state index in [1.807, 2.05) is 48.5 Å². The van der Waals surface area contributed by atoms with Gasteiger partial charge in [0.15, 0.2) is 0 Å². The van der Waals surface area contributed by atoms with Crippen molar-refractivity contribution in [3.63, 3.8) is 0 Å². The van der Waals surface area contributed by atoms with Crippen LogP contribution in [0.5, 0.6) is 0 Å². The van der Waals surface area contributed by atoms with Gasteiger partial charge in [0.25, 0.3) is 0 Å². The van der Waals surface area contributed by atoms with Gasteiger partial charge < -0.3 is 15.0 Å². The first-order valence-electron chi connectivity index (χ1n) is 6.50. The molecule has 2 N–H and O–H groups in total. The predicted octanol–water partition coefficient (Wildman–Crippen LogP) is 3.33. The number of alkyl carbamates (subject to hydrolysis) is 1. The normalized spacial score (nSPS) is 14.1. The number of hydrogen-bond donors (Lipinski definition) is 2.